The first-order chi connectivity index (χ1) is 8.74. The van der Waals surface area contributed by atoms with Crippen LogP contribution < -0.4 is 0 Å². The second kappa shape index (κ2) is 9.62. The summed E-state index contributed by atoms with van der Waals surface area (Å²) < 4.78 is 29.8. The van der Waals surface area contributed by atoms with Gasteiger partial charge in [-0.25, -0.2) is 0 Å². The van der Waals surface area contributed by atoms with Crippen LogP contribution in [0, 0.1) is 0 Å². The Bertz CT molecular complexity index is 321. The molecule has 1 atom stereocenters. The fourth-order valence-electron chi connectivity index (χ4n) is 1.70. The molecule has 116 valence electrons. The Hall–Kier alpha value is -0.250. The Morgan fingerprint density at radius 3 is 2.26 bits per heavy atom. The van der Waals surface area contributed by atoms with Gasteiger partial charge in [-0.3, -0.25) is 9.45 Å². The number of rotatable bonds is 11. The smallest absolute Gasteiger partial charge is 0.264 e. The summed E-state index contributed by atoms with van der Waals surface area (Å²) in [4.78, 5) is 3.77. The molecular weight excluding hydrogens is 272 g/mol. The molecule has 0 aromatic heterocycles. The van der Waals surface area contributed by atoms with Crippen LogP contribution in [0.25, 0.3) is 0 Å². The van der Waals surface area contributed by atoms with Gasteiger partial charge < -0.3 is 15.1 Å². The lowest BCUT2D eigenvalue weighted by Crippen LogP contribution is -2.37. The van der Waals surface area contributed by atoms with E-state index in [2.05, 4.69) is 0 Å². The normalized spacial score (nSPS) is 14.3. The molecular formula is C11H26N2O5S. The first-order valence-electron chi connectivity index (χ1n) is 6.35. The molecule has 0 radical (unpaired) electrons. The lowest BCUT2D eigenvalue weighted by molar-refractivity contribution is 0.0882. The van der Waals surface area contributed by atoms with Crippen LogP contribution in [-0.4, -0.2) is 91.7 Å². The zero-order chi connectivity index (χ0) is 14.9. The molecule has 19 heavy (non-hydrogen) atoms. The van der Waals surface area contributed by atoms with E-state index in [-0.39, 0.29) is 18.8 Å². The van der Waals surface area contributed by atoms with E-state index in [1.165, 1.54) is 0 Å². The van der Waals surface area contributed by atoms with E-state index >= 15 is 0 Å². The monoisotopic (exact) mass is 298 g/mol. The standard InChI is InChI=1S/C11H26N2O5S/c1-12(2)6-4-11(15)10-13(7-8-14)5-3-9-19(16,17)18/h11,14-15H,3-10H2,1-2H3,(H,16,17,18). The molecule has 0 aliphatic heterocycles. The quantitative estimate of drug-likeness (QED) is 0.415. The minimum atomic E-state index is -3.94. The van der Waals surface area contributed by atoms with Crippen LogP contribution in [0.1, 0.15) is 12.8 Å². The molecule has 7 nitrogen and oxygen atoms in total. The molecule has 0 saturated heterocycles. The molecule has 0 fully saturated rings. The Kier molecular flexibility index (Phi) is 9.50. The van der Waals surface area contributed by atoms with E-state index in [4.69, 9.17) is 9.66 Å². The first-order valence-corrected chi connectivity index (χ1v) is 7.96. The van der Waals surface area contributed by atoms with Gasteiger partial charge in [0.2, 0.25) is 0 Å². The highest BCUT2D eigenvalue weighted by molar-refractivity contribution is 7.85. The minimum absolute atomic E-state index is 0.0493. The van der Waals surface area contributed by atoms with Gasteiger partial charge in [0.15, 0.2) is 0 Å². The van der Waals surface area contributed by atoms with Crippen molar-refractivity contribution < 1.29 is 23.2 Å². The maximum absolute atomic E-state index is 10.6. The van der Waals surface area contributed by atoms with E-state index in [1.54, 1.807) is 4.90 Å². The second-order valence-corrected chi connectivity index (χ2v) is 6.48. The van der Waals surface area contributed by atoms with Crippen LogP contribution >= 0.6 is 0 Å². The third-order valence-electron chi connectivity index (χ3n) is 2.67. The summed E-state index contributed by atoms with van der Waals surface area (Å²) in [5.74, 6) is -0.303. The van der Waals surface area contributed by atoms with Crippen molar-refractivity contribution in [1.82, 2.24) is 9.80 Å². The molecule has 0 aliphatic carbocycles. The number of aliphatic hydroxyl groups is 2. The van der Waals surface area contributed by atoms with Crippen molar-refractivity contribution in [3.63, 3.8) is 0 Å². The Morgan fingerprint density at radius 2 is 1.79 bits per heavy atom. The molecule has 0 heterocycles. The van der Waals surface area contributed by atoms with Gasteiger partial charge in [-0.2, -0.15) is 8.42 Å². The molecule has 0 spiro atoms. The van der Waals surface area contributed by atoms with Crippen LogP contribution in [-0.2, 0) is 10.1 Å². The Labute approximate surface area is 115 Å². The van der Waals surface area contributed by atoms with Gasteiger partial charge in [0.1, 0.15) is 0 Å². The van der Waals surface area contributed by atoms with Gasteiger partial charge in [-0.05, 0) is 33.5 Å². The van der Waals surface area contributed by atoms with Crippen molar-refractivity contribution in [3.05, 3.63) is 0 Å². The van der Waals surface area contributed by atoms with Gasteiger partial charge in [0.25, 0.3) is 10.1 Å². The number of nitrogens with zero attached hydrogens (tertiary/aromatic N) is 2. The summed E-state index contributed by atoms with van der Waals surface area (Å²) >= 11 is 0. The Balaban J connectivity index is 4.03. The third kappa shape index (κ3) is 12.5. The maximum Gasteiger partial charge on any atom is 0.264 e. The number of aliphatic hydroxyl groups excluding tert-OH is 2. The van der Waals surface area contributed by atoms with Gasteiger partial charge >= 0.3 is 0 Å². The van der Waals surface area contributed by atoms with Crippen LogP contribution in [0.3, 0.4) is 0 Å². The zero-order valence-corrected chi connectivity index (χ0v) is 12.5. The summed E-state index contributed by atoms with van der Waals surface area (Å²) in [7, 11) is -0.101. The fraction of sp³-hybridized carbons (Fsp3) is 1.00. The lowest BCUT2D eigenvalue weighted by atomic mass is 10.2. The van der Waals surface area contributed by atoms with E-state index in [1.807, 2.05) is 19.0 Å². The highest BCUT2D eigenvalue weighted by Crippen LogP contribution is 2.00. The van der Waals surface area contributed by atoms with E-state index in [0.29, 0.717) is 26.1 Å². The lowest BCUT2D eigenvalue weighted by Gasteiger charge is -2.24. The number of hydrogen-bond donors (Lipinski definition) is 3. The van der Waals surface area contributed by atoms with E-state index < -0.39 is 16.2 Å². The molecule has 0 bridgehead atoms. The van der Waals surface area contributed by atoms with Crippen LogP contribution in [0.4, 0.5) is 0 Å². The topological polar surface area (TPSA) is 101 Å². The number of hydrogen-bond acceptors (Lipinski definition) is 6. The molecule has 0 aliphatic rings. The molecule has 0 amide bonds. The van der Waals surface area contributed by atoms with Crippen LogP contribution in [0.2, 0.25) is 0 Å². The highest BCUT2D eigenvalue weighted by Gasteiger charge is 2.13. The molecule has 1 unspecified atom stereocenters. The molecule has 0 aromatic carbocycles. The largest absolute Gasteiger partial charge is 0.395 e. The van der Waals surface area contributed by atoms with E-state index in [0.717, 1.165) is 6.54 Å². The minimum Gasteiger partial charge on any atom is -0.395 e. The van der Waals surface area contributed by atoms with Crippen LogP contribution in [0.5, 0.6) is 0 Å². The summed E-state index contributed by atoms with van der Waals surface area (Å²) in [5.41, 5.74) is 0. The van der Waals surface area contributed by atoms with Crippen molar-refractivity contribution in [1.29, 1.82) is 0 Å². The average Bonchev–Trinajstić information content (AvgIpc) is 2.24. The molecule has 3 N–H and O–H groups in total. The van der Waals surface area contributed by atoms with Gasteiger partial charge in [0.05, 0.1) is 18.5 Å². The van der Waals surface area contributed by atoms with Crippen molar-refractivity contribution in [2.24, 2.45) is 0 Å². The van der Waals surface area contributed by atoms with E-state index in [9.17, 15) is 13.5 Å². The second-order valence-electron chi connectivity index (χ2n) is 4.91. The third-order valence-corrected chi connectivity index (χ3v) is 3.48. The summed E-state index contributed by atoms with van der Waals surface area (Å²) in [6.07, 6.45) is 0.381. The summed E-state index contributed by atoms with van der Waals surface area (Å²) in [6.45, 7) is 1.90. The molecule has 0 aromatic rings. The van der Waals surface area contributed by atoms with Crippen molar-refractivity contribution in [3.8, 4) is 0 Å². The van der Waals surface area contributed by atoms with Crippen molar-refractivity contribution >= 4 is 10.1 Å². The summed E-state index contributed by atoms with van der Waals surface area (Å²) in [6, 6.07) is 0. The zero-order valence-electron chi connectivity index (χ0n) is 11.7. The fourth-order valence-corrected chi connectivity index (χ4v) is 2.20. The first kappa shape index (κ1) is 18.8. The SMILES string of the molecule is CN(C)CCC(O)CN(CCO)CCCS(=O)(=O)O. The Morgan fingerprint density at radius 1 is 1.16 bits per heavy atom. The predicted octanol–water partition coefficient (Wildman–Crippen LogP) is -1.13. The van der Waals surface area contributed by atoms with Crippen LogP contribution in [0.15, 0.2) is 0 Å². The van der Waals surface area contributed by atoms with Crippen molar-refractivity contribution in [2.75, 3.05) is 52.6 Å². The summed E-state index contributed by atoms with van der Waals surface area (Å²) in [5, 5.41) is 18.8. The van der Waals surface area contributed by atoms with Crippen molar-refractivity contribution in [2.45, 2.75) is 18.9 Å². The van der Waals surface area contributed by atoms with Gasteiger partial charge in [-0.1, -0.05) is 0 Å². The predicted molar refractivity (Wildman–Crippen MR) is 73.7 cm³/mol. The van der Waals surface area contributed by atoms with Gasteiger partial charge in [0, 0.05) is 19.6 Å². The maximum atomic E-state index is 10.6. The molecule has 8 heteroatoms. The molecule has 0 saturated carbocycles. The highest BCUT2D eigenvalue weighted by atomic mass is 32.2. The molecule has 0 rings (SSSR count). The van der Waals surface area contributed by atoms with Gasteiger partial charge in [-0.15, -0.1) is 0 Å². The average molecular weight is 298 g/mol.